The van der Waals surface area contributed by atoms with Gasteiger partial charge in [-0.15, -0.1) is 0 Å². The van der Waals surface area contributed by atoms with Crippen molar-refractivity contribution < 1.29 is 23.4 Å². The van der Waals surface area contributed by atoms with Gasteiger partial charge in [0.15, 0.2) is 16.9 Å². The maximum atomic E-state index is 13.9. The molecule has 0 bridgehead atoms. The van der Waals surface area contributed by atoms with Gasteiger partial charge in [-0.1, -0.05) is 42.5 Å². The zero-order valence-corrected chi connectivity index (χ0v) is 22.4. The number of aryl methyl sites for hydroxylation is 1. The molecule has 7 heteroatoms. The maximum absolute atomic E-state index is 13.9. The first kappa shape index (κ1) is 26.1. The van der Waals surface area contributed by atoms with Crippen LogP contribution in [0.1, 0.15) is 45.8 Å². The van der Waals surface area contributed by atoms with Crippen molar-refractivity contribution in [3.05, 3.63) is 112 Å². The summed E-state index contributed by atoms with van der Waals surface area (Å²) >= 11 is 0. The zero-order chi connectivity index (χ0) is 27.5. The van der Waals surface area contributed by atoms with Gasteiger partial charge in [-0.05, 0) is 67.8 Å². The third-order valence-corrected chi connectivity index (χ3v) is 6.86. The summed E-state index contributed by atoms with van der Waals surface area (Å²) in [5, 5.41) is 0.458. The molecule has 1 aliphatic heterocycles. The fourth-order valence-electron chi connectivity index (χ4n) is 4.98. The fraction of sp³-hybridized carbons (Fsp3) is 0.250. The lowest BCUT2D eigenvalue weighted by atomic mass is 9.97. The van der Waals surface area contributed by atoms with Crippen LogP contribution in [0, 0.1) is 6.92 Å². The number of hydrogen-bond acceptors (Lipinski definition) is 6. The molecule has 1 atom stereocenters. The molecule has 3 aromatic carbocycles. The summed E-state index contributed by atoms with van der Waals surface area (Å²) in [5.74, 6) is 1.64. The third kappa shape index (κ3) is 5.00. The Labute approximate surface area is 227 Å². The minimum atomic E-state index is -0.639. The Bertz CT molecular complexity index is 1590. The highest BCUT2D eigenvalue weighted by atomic mass is 16.5. The van der Waals surface area contributed by atoms with E-state index in [-0.39, 0.29) is 17.1 Å². The van der Waals surface area contributed by atoms with Gasteiger partial charge >= 0.3 is 0 Å². The Hall–Kier alpha value is -4.52. The van der Waals surface area contributed by atoms with Crippen molar-refractivity contribution in [2.45, 2.75) is 26.3 Å². The molecule has 7 nitrogen and oxygen atoms in total. The van der Waals surface area contributed by atoms with Crippen molar-refractivity contribution in [1.82, 2.24) is 4.90 Å². The van der Waals surface area contributed by atoms with E-state index < -0.39 is 6.04 Å². The van der Waals surface area contributed by atoms with E-state index in [2.05, 4.69) is 6.58 Å². The van der Waals surface area contributed by atoms with Crippen LogP contribution in [0.3, 0.4) is 0 Å². The predicted molar refractivity (Wildman–Crippen MR) is 150 cm³/mol. The minimum Gasteiger partial charge on any atom is -0.497 e. The lowest BCUT2D eigenvalue weighted by Gasteiger charge is -2.26. The Morgan fingerprint density at radius 3 is 2.51 bits per heavy atom. The van der Waals surface area contributed by atoms with Crippen molar-refractivity contribution >= 4 is 16.9 Å². The fourth-order valence-corrected chi connectivity index (χ4v) is 4.98. The van der Waals surface area contributed by atoms with Crippen molar-refractivity contribution in [3.63, 3.8) is 0 Å². The predicted octanol–water partition coefficient (Wildman–Crippen LogP) is 5.86. The second-order valence-electron chi connectivity index (χ2n) is 9.41. The molecule has 5 rings (SSSR count). The summed E-state index contributed by atoms with van der Waals surface area (Å²) in [6, 6.07) is 18.0. The summed E-state index contributed by atoms with van der Waals surface area (Å²) in [5.41, 5.74) is 3.26. The molecule has 0 radical (unpaired) electrons. The molecule has 1 aliphatic rings. The summed E-state index contributed by atoms with van der Waals surface area (Å²) in [4.78, 5) is 29.4. The number of amides is 1. The van der Waals surface area contributed by atoms with Crippen LogP contribution >= 0.6 is 0 Å². The molecule has 0 saturated carbocycles. The van der Waals surface area contributed by atoms with E-state index in [4.69, 9.17) is 18.6 Å². The first-order valence-electron chi connectivity index (χ1n) is 13.0. The highest BCUT2D eigenvalue weighted by Crippen LogP contribution is 2.41. The number of ether oxygens (including phenoxy) is 3. The molecule has 0 N–H and O–H groups in total. The molecule has 0 aliphatic carbocycles. The van der Waals surface area contributed by atoms with Gasteiger partial charge in [0.1, 0.15) is 17.9 Å². The third-order valence-electron chi connectivity index (χ3n) is 6.86. The van der Waals surface area contributed by atoms with Gasteiger partial charge in [0.05, 0.1) is 30.7 Å². The topological polar surface area (TPSA) is 78.2 Å². The molecule has 1 unspecified atom stereocenters. The van der Waals surface area contributed by atoms with E-state index in [1.165, 1.54) is 0 Å². The Kier molecular flexibility index (Phi) is 7.41. The average molecular weight is 526 g/mol. The lowest BCUT2D eigenvalue weighted by Crippen LogP contribution is -2.31. The minimum absolute atomic E-state index is 0.0843. The molecule has 1 aromatic heterocycles. The first-order valence-corrected chi connectivity index (χ1v) is 13.0. The van der Waals surface area contributed by atoms with Gasteiger partial charge in [0, 0.05) is 6.54 Å². The number of fused-ring (bicyclic) bond motifs is 2. The van der Waals surface area contributed by atoms with E-state index in [0.717, 1.165) is 22.4 Å². The van der Waals surface area contributed by atoms with Crippen LogP contribution in [0.15, 0.2) is 82.5 Å². The Morgan fingerprint density at radius 1 is 1.00 bits per heavy atom. The molecule has 0 saturated heterocycles. The van der Waals surface area contributed by atoms with Crippen LogP contribution in [0.5, 0.6) is 17.2 Å². The number of methoxy groups -OCH3 is 1. The van der Waals surface area contributed by atoms with E-state index in [0.29, 0.717) is 54.2 Å². The second-order valence-corrected chi connectivity index (χ2v) is 9.41. The maximum Gasteiger partial charge on any atom is 0.290 e. The number of rotatable bonds is 10. The number of benzene rings is 3. The summed E-state index contributed by atoms with van der Waals surface area (Å²) in [6.07, 6.45) is 2.25. The molecular weight excluding hydrogens is 494 g/mol. The smallest absolute Gasteiger partial charge is 0.290 e. The molecule has 200 valence electrons. The standard InChI is InChI=1S/C32H31NO6/c1-5-17-38-26-14-10-22(19-27(26)37-6-2)29-28-30(34)24-18-20(3)7-13-25(24)39-31(28)32(35)33(29)16-15-21-8-11-23(36-4)12-9-21/h5,7-14,18-19,29H,1,6,15-17H2,2-4H3. The lowest BCUT2D eigenvalue weighted by molar-refractivity contribution is 0.0729. The SMILES string of the molecule is C=CCOc1ccc(C2c3c(oc4ccc(C)cc4c3=O)C(=O)N2CCc2ccc(OC)cc2)cc1OCC. The van der Waals surface area contributed by atoms with Gasteiger partial charge in [-0.2, -0.15) is 0 Å². The monoisotopic (exact) mass is 525 g/mol. The quantitative estimate of drug-likeness (QED) is 0.241. The van der Waals surface area contributed by atoms with E-state index in [9.17, 15) is 9.59 Å². The van der Waals surface area contributed by atoms with Crippen LogP contribution in [0.2, 0.25) is 0 Å². The van der Waals surface area contributed by atoms with Crippen LogP contribution in [0.25, 0.3) is 11.0 Å². The van der Waals surface area contributed by atoms with Gasteiger partial charge < -0.3 is 23.5 Å². The van der Waals surface area contributed by atoms with E-state index in [1.54, 1.807) is 36.3 Å². The van der Waals surface area contributed by atoms with Gasteiger partial charge in [0.2, 0.25) is 5.76 Å². The zero-order valence-electron chi connectivity index (χ0n) is 22.4. The molecule has 2 heterocycles. The molecule has 1 amide bonds. The second kappa shape index (κ2) is 11.1. The number of nitrogens with zero attached hydrogens (tertiary/aromatic N) is 1. The Balaban J connectivity index is 1.61. The van der Waals surface area contributed by atoms with Crippen molar-refractivity contribution in [2.24, 2.45) is 0 Å². The molecule has 39 heavy (non-hydrogen) atoms. The van der Waals surface area contributed by atoms with E-state index >= 15 is 0 Å². The van der Waals surface area contributed by atoms with E-state index in [1.807, 2.05) is 56.3 Å². The normalized spacial score (nSPS) is 14.4. The molecular formula is C32H31NO6. The largest absolute Gasteiger partial charge is 0.497 e. The number of hydrogen-bond donors (Lipinski definition) is 0. The summed E-state index contributed by atoms with van der Waals surface area (Å²) in [6.45, 7) is 8.66. The highest BCUT2D eigenvalue weighted by molar-refractivity contribution is 5.99. The van der Waals surface area contributed by atoms with Crippen molar-refractivity contribution in [1.29, 1.82) is 0 Å². The molecule has 0 spiro atoms. The summed E-state index contributed by atoms with van der Waals surface area (Å²) in [7, 11) is 1.62. The highest BCUT2D eigenvalue weighted by Gasteiger charge is 2.42. The first-order chi connectivity index (χ1) is 18.9. The van der Waals surface area contributed by atoms with Crippen molar-refractivity contribution in [2.75, 3.05) is 26.9 Å². The van der Waals surface area contributed by atoms with Crippen LogP contribution in [0.4, 0.5) is 0 Å². The number of carbonyl (C=O) groups excluding carboxylic acids is 1. The molecule has 0 fully saturated rings. The molecule has 4 aromatic rings. The van der Waals surface area contributed by atoms with Gasteiger partial charge in [-0.25, -0.2) is 0 Å². The van der Waals surface area contributed by atoms with Crippen molar-refractivity contribution in [3.8, 4) is 17.2 Å². The average Bonchev–Trinajstić information content (AvgIpc) is 3.23. The van der Waals surface area contributed by atoms with Gasteiger partial charge in [0.25, 0.3) is 5.91 Å². The Morgan fingerprint density at radius 2 is 1.79 bits per heavy atom. The number of carbonyl (C=O) groups is 1. The van der Waals surface area contributed by atoms with Crippen LogP contribution < -0.4 is 19.6 Å². The summed E-state index contributed by atoms with van der Waals surface area (Å²) < 4.78 is 23.0. The van der Waals surface area contributed by atoms with Crippen LogP contribution in [-0.2, 0) is 6.42 Å². The van der Waals surface area contributed by atoms with Crippen LogP contribution in [-0.4, -0.2) is 37.7 Å². The van der Waals surface area contributed by atoms with Gasteiger partial charge in [-0.3, -0.25) is 9.59 Å².